The molecule has 0 heterocycles. The zero-order valence-electron chi connectivity index (χ0n) is 7.34. The third kappa shape index (κ3) is 2.45. The third-order valence-electron chi connectivity index (χ3n) is 1.78. The maximum absolute atomic E-state index is 10.5. The predicted molar refractivity (Wildman–Crippen MR) is 48.6 cm³/mol. The van der Waals surface area contributed by atoms with Gasteiger partial charge >= 0.3 is 5.97 Å². The molecule has 0 spiro atoms. The number of aliphatic hydroxyl groups is 1. The van der Waals surface area contributed by atoms with E-state index in [1.807, 2.05) is 0 Å². The number of aliphatic carboxylic acids is 1. The van der Waals surface area contributed by atoms with Crippen LogP contribution in [0.2, 0.25) is 0 Å². The molecule has 0 aliphatic carbocycles. The monoisotopic (exact) mass is 197 g/mol. The van der Waals surface area contributed by atoms with E-state index in [0.29, 0.717) is 5.56 Å². The molecule has 5 nitrogen and oxygen atoms in total. The minimum Gasteiger partial charge on any atom is -0.508 e. The lowest BCUT2D eigenvalue weighted by Crippen LogP contribution is -2.49. The summed E-state index contributed by atoms with van der Waals surface area (Å²) in [5.41, 5.74) is 3.39. The van der Waals surface area contributed by atoms with Gasteiger partial charge in [-0.3, -0.25) is 5.73 Å². The number of phenolic OH excluding ortho intramolecular Hbond substituents is 1. The summed E-state index contributed by atoms with van der Waals surface area (Å²) < 4.78 is 0. The van der Waals surface area contributed by atoms with Crippen molar-refractivity contribution in [2.75, 3.05) is 0 Å². The number of nitrogens with two attached hydrogens (primary N) is 1. The summed E-state index contributed by atoms with van der Waals surface area (Å²) in [6.45, 7) is 0. The van der Waals surface area contributed by atoms with Crippen LogP contribution in [0.5, 0.6) is 5.75 Å². The molecule has 1 atom stereocenters. The highest BCUT2D eigenvalue weighted by Gasteiger charge is 2.30. The van der Waals surface area contributed by atoms with E-state index in [1.54, 1.807) is 0 Å². The molecule has 0 saturated heterocycles. The van der Waals surface area contributed by atoms with E-state index in [9.17, 15) is 9.90 Å². The molecule has 1 rings (SSSR count). The molecule has 0 aromatic heterocycles. The van der Waals surface area contributed by atoms with E-state index in [-0.39, 0.29) is 12.2 Å². The summed E-state index contributed by atoms with van der Waals surface area (Å²) in [4.78, 5) is 10.5. The van der Waals surface area contributed by atoms with Gasteiger partial charge in [-0.25, -0.2) is 4.79 Å². The van der Waals surface area contributed by atoms with Gasteiger partial charge in [-0.15, -0.1) is 0 Å². The number of hydrogen-bond acceptors (Lipinski definition) is 4. The van der Waals surface area contributed by atoms with Gasteiger partial charge in [0, 0.05) is 6.42 Å². The van der Waals surface area contributed by atoms with Crippen LogP contribution < -0.4 is 5.73 Å². The van der Waals surface area contributed by atoms with Crippen LogP contribution in [0.25, 0.3) is 0 Å². The Morgan fingerprint density at radius 2 is 1.86 bits per heavy atom. The molecule has 1 aromatic rings. The largest absolute Gasteiger partial charge is 0.508 e. The molecule has 14 heavy (non-hydrogen) atoms. The van der Waals surface area contributed by atoms with Crippen molar-refractivity contribution in [3.63, 3.8) is 0 Å². The summed E-state index contributed by atoms with van der Waals surface area (Å²) in [6, 6.07) is 5.78. The van der Waals surface area contributed by atoms with Crippen molar-refractivity contribution in [2.24, 2.45) is 5.73 Å². The Bertz CT molecular complexity index is 331. The summed E-state index contributed by atoms with van der Waals surface area (Å²) in [7, 11) is 0. The first-order valence-corrected chi connectivity index (χ1v) is 3.94. The molecule has 1 unspecified atom stereocenters. The van der Waals surface area contributed by atoms with Gasteiger partial charge in [0.2, 0.25) is 5.72 Å². The number of hydrogen-bond donors (Lipinski definition) is 4. The zero-order chi connectivity index (χ0) is 10.8. The molecule has 5 heteroatoms. The number of benzene rings is 1. The second kappa shape index (κ2) is 3.65. The standard InChI is InChI=1S/C9H11NO4/c10-9(14,8(12)13)5-6-1-3-7(11)4-2-6/h1-4,11,14H,5,10H2,(H,12,13). The Kier molecular flexibility index (Phi) is 2.73. The molecule has 76 valence electrons. The number of rotatable bonds is 3. The van der Waals surface area contributed by atoms with Crippen molar-refractivity contribution >= 4 is 5.97 Å². The second-order valence-electron chi connectivity index (χ2n) is 3.07. The fraction of sp³-hybridized carbons (Fsp3) is 0.222. The molecule has 0 amide bonds. The van der Waals surface area contributed by atoms with Gasteiger partial charge in [-0.1, -0.05) is 12.1 Å². The van der Waals surface area contributed by atoms with Crippen molar-refractivity contribution < 1.29 is 20.1 Å². The van der Waals surface area contributed by atoms with Crippen LogP contribution in [-0.2, 0) is 11.2 Å². The summed E-state index contributed by atoms with van der Waals surface area (Å²) in [5.74, 6) is -1.41. The van der Waals surface area contributed by atoms with E-state index < -0.39 is 11.7 Å². The Morgan fingerprint density at radius 3 is 2.29 bits per heavy atom. The predicted octanol–water partition coefficient (Wildman–Crippen LogP) is -0.333. The lowest BCUT2D eigenvalue weighted by molar-refractivity contribution is -0.157. The van der Waals surface area contributed by atoms with E-state index in [2.05, 4.69) is 0 Å². The van der Waals surface area contributed by atoms with E-state index >= 15 is 0 Å². The quantitative estimate of drug-likeness (QED) is 0.496. The second-order valence-corrected chi connectivity index (χ2v) is 3.07. The minimum absolute atomic E-state index is 0.0737. The fourth-order valence-corrected chi connectivity index (χ4v) is 1.00. The average molecular weight is 197 g/mol. The molecule has 0 aliphatic rings. The summed E-state index contributed by atoms with van der Waals surface area (Å²) in [5, 5.41) is 26.7. The molecular weight excluding hydrogens is 186 g/mol. The van der Waals surface area contributed by atoms with Crippen LogP contribution >= 0.6 is 0 Å². The Hall–Kier alpha value is -1.59. The van der Waals surface area contributed by atoms with Crippen LogP contribution in [0, 0.1) is 0 Å². The highest BCUT2D eigenvalue weighted by atomic mass is 16.4. The molecule has 5 N–H and O–H groups in total. The zero-order valence-corrected chi connectivity index (χ0v) is 7.34. The van der Waals surface area contributed by atoms with Crippen molar-refractivity contribution in [3.05, 3.63) is 29.8 Å². The molecule has 0 radical (unpaired) electrons. The maximum Gasteiger partial charge on any atom is 0.351 e. The first-order chi connectivity index (χ1) is 6.42. The highest BCUT2D eigenvalue weighted by molar-refractivity contribution is 5.76. The minimum atomic E-state index is -2.27. The smallest absolute Gasteiger partial charge is 0.351 e. The van der Waals surface area contributed by atoms with Crippen LogP contribution in [-0.4, -0.2) is 27.0 Å². The normalized spacial score (nSPS) is 14.7. The number of aromatic hydroxyl groups is 1. The van der Waals surface area contributed by atoms with Crippen molar-refractivity contribution in [1.82, 2.24) is 0 Å². The fourth-order valence-electron chi connectivity index (χ4n) is 1.00. The van der Waals surface area contributed by atoms with Crippen molar-refractivity contribution in [2.45, 2.75) is 12.1 Å². The lowest BCUT2D eigenvalue weighted by Gasteiger charge is -2.17. The Labute approximate surface area is 80.4 Å². The molecule has 1 aromatic carbocycles. The SMILES string of the molecule is NC(O)(Cc1ccc(O)cc1)C(=O)O. The first kappa shape index (κ1) is 10.5. The van der Waals surface area contributed by atoms with Gasteiger partial charge in [-0.2, -0.15) is 0 Å². The third-order valence-corrected chi connectivity index (χ3v) is 1.78. The number of carboxylic acids is 1. The van der Waals surface area contributed by atoms with Crippen LogP contribution in [0.15, 0.2) is 24.3 Å². The van der Waals surface area contributed by atoms with Gasteiger partial charge in [0.25, 0.3) is 0 Å². The molecule has 0 saturated carbocycles. The van der Waals surface area contributed by atoms with E-state index in [4.69, 9.17) is 15.9 Å². The van der Waals surface area contributed by atoms with E-state index in [1.165, 1.54) is 24.3 Å². The lowest BCUT2D eigenvalue weighted by atomic mass is 10.0. The Balaban J connectivity index is 2.79. The number of carbonyl (C=O) groups is 1. The number of carboxylic acid groups (broad SMARTS) is 1. The molecule has 0 fully saturated rings. The highest BCUT2D eigenvalue weighted by Crippen LogP contribution is 2.13. The molecular formula is C9H11NO4. The van der Waals surface area contributed by atoms with Crippen LogP contribution in [0.3, 0.4) is 0 Å². The summed E-state index contributed by atoms with van der Waals surface area (Å²) in [6.07, 6.45) is -0.206. The van der Waals surface area contributed by atoms with Gasteiger partial charge in [0.15, 0.2) is 0 Å². The molecule has 0 bridgehead atoms. The van der Waals surface area contributed by atoms with Gasteiger partial charge in [-0.05, 0) is 17.7 Å². The van der Waals surface area contributed by atoms with E-state index in [0.717, 1.165) is 0 Å². The van der Waals surface area contributed by atoms with Gasteiger partial charge < -0.3 is 15.3 Å². The van der Waals surface area contributed by atoms with Gasteiger partial charge in [0.1, 0.15) is 5.75 Å². The van der Waals surface area contributed by atoms with Crippen molar-refractivity contribution in [1.29, 1.82) is 0 Å². The first-order valence-electron chi connectivity index (χ1n) is 3.94. The van der Waals surface area contributed by atoms with Crippen LogP contribution in [0.4, 0.5) is 0 Å². The topological polar surface area (TPSA) is 104 Å². The Morgan fingerprint density at radius 1 is 1.36 bits per heavy atom. The summed E-state index contributed by atoms with van der Waals surface area (Å²) >= 11 is 0. The van der Waals surface area contributed by atoms with Crippen molar-refractivity contribution in [3.8, 4) is 5.75 Å². The van der Waals surface area contributed by atoms with Gasteiger partial charge in [0.05, 0.1) is 0 Å². The van der Waals surface area contributed by atoms with Crippen LogP contribution in [0.1, 0.15) is 5.56 Å². The number of phenols is 1. The molecule has 0 aliphatic heterocycles. The maximum atomic E-state index is 10.5. The average Bonchev–Trinajstić information content (AvgIpc) is 2.08.